The number of Topliss-reactive ketones (excluding diaryl/α,β-unsaturated/α-hetero) is 1. The first-order valence-electron chi connectivity index (χ1n) is 25.2. The van der Waals surface area contributed by atoms with Crippen LogP contribution in [0.15, 0.2) is 47.6 Å². The predicted molar refractivity (Wildman–Crippen MR) is 257 cm³/mol. The number of aliphatic hydroxyl groups excluding tert-OH is 3. The molecule has 14 nitrogen and oxygen atoms in total. The maximum Gasteiger partial charge on any atom is 0.329 e. The third-order valence-corrected chi connectivity index (χ3v) is 15.1. The summed E-state index contributed by atoms with van der Waals surface area (Å²) in [4.78, 5) is 44.0. The second-order valence-corrected chi connectivity index (χ2v) is 20.4. The average molecular weight is 946 g/mol. The van der Waals surface area contributed by atoms with Crippen molar-refractivity contribution in [3.8, 4) is 0 Å². The van der Waals surface area contributed by atoms with E-state index in [0.29, 0.717) is 63.4 Å². The molecule has 16 atom stereocenters. The van der Waals surface area contributed by atoms with Crippen molar-refractivity contribution in [2.24, 2.45) is 35.5 Å². The monoisotopic (exact) mass is 946 g/mol. The Morgan fingerprint density at radius 3 is 2.25 bits per heavy atom. The number of ether oxygens (including phenoxy) is 6. The summed E-state index contributed by atoms with van der Waals surface area (Å²) in [5, 5.41) is 44.7. The number of esters is 1. The zero-order chi connectivity index (χ0) is 49.4. The molecule has 382 valence electrons. The molecule has 1 amide bonds. The van der Waals surface area contributed by atoms with Crippen molar-refractivity contribution in [2.45, 2.75) is 193 Å². The van der Waals surface area contributed by atoms with Gasteiger partial charge in [0.15, 0.2) is 11.9 Å². The first kappa shape index (κ1) is 56.8. The number of carbonyl (C=O) groups excluding carboxylic acids is 3. The molecule has 4 N–H and O–H groups in total. The van der Waals surface area contributed by atoms with Gasteiger partial charge in [0, 0.05) is 46.1 Å². The number of rotatable bonds is 9. The third-order valence-electron chi connectivity index (χ3n) is 15.1. The highest BCUT2D eigenvalue weighted by molar-refractivity contribution is 5.88. The van der Waals surface area contributed by atoms with Gasteiger partial charge in [-0.05, 0) is 126 Å². The van der Waals surface area contributed by atoms with Gasteiger partial charge in [-0.3, -0.25) is 9.59 Å². The second-order valence-electron chi connectivity index (χ2n) is 20.4. The van der Waals surface area contributed by atoms with Gasteiger partial charge in [-0.1, -0.05) is 71.1 Å². The highest BCUT2D eigenvalue weighted by atomic mass is 16.6. The highest BCUT2D eigenvalue weighted by Crippen LogP contribution is 2.39. The summed E-state index contributed by atoms with van der Waals surface area (Å²) in [6.07, 6.45) is 13.9. The minimum absolute atomic E-state index is 0.0589. The molecule has 1 saturated carbocycles. The Hall–Kier alpha value is -2.79. The van der Waals surface area contributed by atoms with E-state index in [0.717, 1.165) is 31.3 Å². The molecule has 67 heavy (non-hydrogen) atoms. The number of piperidine rings is 1. The van der Waals surface area contributed by atoms with E-state index in [-0.39, 0.29) is 73.4 Å². The van der Waals surface area contributed by atoms with Crippen molar-refractivity contribution in [3.63, 3.8) is 0 Å². The van der Waals surface area contributed by atoms with Gasteiger partial charge in [0.1, 0.15) is 24.4 Å². The molecular weight excluding hydrogens is 859 g/mol. The summed E-state index contributed by atoms with van der Waals surface area (Å²) in [6.45, 7) is 14.0. The number of methoxy groups -OCH3 is 3. The average Bonchev–Trinajstić information content (AvgIpc) is 3.31. The van der Waals surface area contributed by atoms with Crippen molar-refractivity contribution in [3.05, 3.63) is 47.6 Å². The van der Waals surface area contributed by atoms with Gasteiger partial charge in [-0.15, -0.1) is 0 Å². The molecule has 0 aromatic rings. The van der Waals surface area contributed by atoms with E-state index in [2.05, 4.69) is 6.92 Å². The molecule has 0 radical (unpaired) electrons. The van der Waals surface area contributed by atoms with Crippen LogP contribution in [0.2, 0.25) is 0 Å². The zero-order valence-corrected chi connectivity index (χ0v) is 42.3. The van der Waals surface area contributed by atoms with Crippen LogP contribution in [-0.4, -0.2) is 145 Å². The molecule has 0 aromatic heterocycles. The molecule has 4 rings (SSSR count). The topological polar surface area (TPSA) is 191 Å². The minimum atomic E-state index is -2.19. The SMILES string of the molecule is CO[C@H]1C[C@@H]2CC[C@@H](C)[C@@](O)(O2)C(O)C(=O)N2CCCC[C@H]2C(=O)O[C@H]([C@H](C)C[C@@H]2CC[C@@H](OCCO)[C@H](OC)C2)CC[C@H](C)/C=C(\C)[C@@H](O)[C@@H](OC)C(=O)[C@H](C)C[C@H](C)/C=C/C=CC=C1C. The fourth-order valence-corrected chi connectivity index (χ4v) is 10.8. The normalized spacial score (nSPS) is 39.4. The highest BCUT2D eigenvalue weighted by Gasteiger charge is 2.53. The van der Waals surface area contributed by atoms with Crippen molar-refractivity contribution in [1.82, 2.24) is 4.90 Å². The number of carbonyl (C=O) groups is 3. The lowest BCUT2D eigenvalue weighted by atomic mass is 9.78. The van der Waals surface area contributed by atoms with Gasteiger partial charge < -0.3 is 53.7 Å². The quantitative estimate of drug-likeness (QED) is 0.140. The largest absolute Gasteiger partial charge is 0.461 e. The van der Waals surface area contributed by atoms with Crippen molar-refractivity contribution in [2.75, 3.05) is 41.1 Å². The Morgan fingerprint density at radius 1 is 0.821 bits per heavy atom. The lowest BCUT2D eigenvalue weighted by molar-refractivity contribution is -0.317. The fourth-order valence-electron chi connectivity index (χ4n) is 10.8. The number of hydrogen-bond donors (Lipinski definition) is 4. The Balaban J connectivity index is 1.66. The van der Waals surface area contributed by atoms with Crippen LogP contribution in [0.3, 0.4) is 0 Å². The second kappa shape index (κ2) is 27.6. The van der Waals surface area contributed by atoms with Crippen molar-refractivity contribution < 1.29 is 63.2 Å². The molecule has 1 aliphatic carbocycles. The first-order valence-corrected chi connectivity index (χ1v) is 25.2. The Labute approximate surface area is 401 Å². The van der Waals surface area contributed by atoms with Crippen LogP contribution in [0.5, 0.6) is 0 Å². The fraction of sp³-hybridized carbons (Fsp3) is 0.792. The van der Waals surface area contributed by atoms with Crippen molar-refractivity contribution in [1.29, 1.82) is 0 Å². The van der Waals surface area contributed by atoms with E-state index in [9.17, 15) is 34.8 Å². The number of amides is 1. The van der Waals surface area contributed by atoms with E-state index in [1.54, 1.807) is 28.1 Å². The summed E-state index contributed by atoms with van der Waals surface area (Å²) in [5.74, 6) is -4.42. The van der Waals surface area contributed by atoms with E-state index in [4.69, 9.17) is 28.4 Å². The Kier molecular flexibility index (Phi) is 23.4. The van der Waals surface area contributed by atoms with Crippen LogP contribution >= 0.6 is 0 Å². The molecule has 3 aliphatic heterocycles. The third kappa shape index (κ3) is 15.9. The van der Waals surface area contributed by atoms with Crippen LogP contribution in [0.4, 0.5) is 0 Å². The molecule has 3 heterocycles. The van der Waals surface area contributed by atoms with E-state index in [1.165, 1.54) is 12.0 Å². The lowest BCUT2D eigenvalue weighted by Gasteiger charge is -2.46. The molecule has 14 heteroatoms. The summed E-state index contributed by atoms with van der Waals surface area (Å²) in [7, 11) is 4.74. The summed E-state index contributed by atoms with van der Waals surface area (Å²) >= 11 is 0. The Morgan fingerprint density at radius 2 is 1.57 bits per heavy atom. The lowest BCUT2D eigenvalue weighted by Crippen LogP contribution is -2.63. The van der Waals surface area contributed by atoms with E-state index >= 15 is 0 Å². The molecule has 2 bridgehead atoms. The minimum Gasteiger partial charge on any atom is -0.461 e. The number of ketones is 1. The molecule has 2 saturated heterocycles. The van der Waals surface area contributed by atoms with Crippen molar-refractivity contribution >= 4 is 17.7 Å². The number of fused-ring (bicyclic) bond motifs is 3. The smallest absolute Gasteiger partial charge is 0.329 e. The van der Waals surface area contributed by atoms with Gasteiger partial charge in [0.25, 0.3) is 5.91 Å². The molecule has 3 fully saturated rings. The maximum atomic E-state index is 14.5. The van der Waals surface area contributed by atoms with Crippen LogP contribution in [-0.2, 0) is 42.8 Å². The molecular formula is C53H87NO13. The number of cyclic esters (lactones) is 1. The number of hydrogen-bond acceptors (Lipinski definition) is 13. The van der Waals surface area contributed by atoms with Crippen LogP contribution < -0.4 is 0 Å². The molecule has 4 aliphatic rings. The molecule has 1 unspecified atom stereocenters. The van der Waals surface area contributed by atoms with Crippen LogP contribution in [0, 0.1) is 35.5 Å². The van der Waals surface area contributed by atoms with E-state index < -0.39 is 60.1 Å². The predicted octanol–water partition coefficient (Wildman–Crippen LogP) is 6.81. The zero-order valence-electron chi connectivity index (χ0n) is 42.3. The summed E-state index contributed by atoms with van der Waals surface area (Å²) in [5.41, 5.74) is 1.54. The van der Waals surface area contributed by atoms with Crippen LogP contribution in [0.1, 0.15) is 132 Å². The van der Waals surface area contributed by atoms with Gasteiger partial charge in [-0.2, -0.15) is 0 Å². The summed E-state index contributed by atoms with van der Waals surface area (Å²) in [6, 6.07) is -0.964. The maximum absolute atomic E-state index is 14.5. The van der Waals surface area contributed by atoms with Gasteiger partial charge in [-0.25, -0.2) is 4.79 Å². The van der Waals surface area contributed by atoms with Gasteiger partial charge >= 0.3 is 5.97 Å². The number of allylic oxidation sites excluding steroid dienone is 6. The number of aliphatic hydroxyl groups is 4. The van der Waals surface area contributed by atoms with Gasteiger partial charge in [0.2, 0.25) is 5.79 Å². The van der Waals surface area contributed by atoms with Gasteiger partial charge in [0.05, 0.1) is 37.6 Å². The first-order chi connectivity index (χ1) is 31.9. The molecule has 0 aromatic carbocycles. The van der Waals surface area contributed by atoms with Crippen LogP contribution in [0.25, 0.3) is 0 Å². The number of nitrogens with zero attached hydrogens (tertiary/aromatic N) is 1. The molecule has 0 spiro atoms. The Bertz CT molecular complexity index is 1680. The van der Waals surface area contributed by atoms with E-state index in [1.807, 2.05) is 64.2 Å². The summed E-state index contributed by atoms with van der Waals surface area (Å²) < 4.78 is 36.0. The standard InChI is InChI=1S/C53H87NO13/c1-33-16-12-11-13-17-35(3)45(62-8)32-41-22-20-39(7)53(61,67-41)50(58)51(59)54-25-15-14-18-42(54)52(60)66-43(36(4)30-40-21-24-44(65-27-26-55)46(31-40)63-9)23-19-34(2)29-38(6)48(57)49(64-10)47(56)37(5)28-33/h11-13,16-17,29,33-34,36-37,39-46,48-50,55,57-58,61H,14-15,18-28,30-32H2,1-10H3/b13-11?,16-12+,35-17?,38-29+/t33-,34+,36-,37-,39-,40+,41+,42+,43+,44-,45+,46-,48-,49+,50?,53-/m1/s1.